The monoisotopic (exact) mass is 402 g/mol. The van der Waals surface area contributed by atoms with Crippen LogP contribution in [0.5, 0.6) is 0 Å². The van der Waals surface area contributed by atoms with Crippen molar-refractivity contribution in [2.45, 2.75) is 70.3 Å². The second kappa shape index (κ2) is 9.45. The van der Waals surface area contributed by atoms with Crippen molar-refractivity contribution >= 4 is 0 Å². The summed E-state index contributed by atoms with van der Waals surface area (Å²) < 4.78 is 14.0. The lowest BCUT2D eigenvalue weighted by Crippen LogP contribution is -2.53. The maximum absolute atomic E-state index is 14.0. The van der Waals surface area contributed by atoms with Gasteiger partial charge in [0.05, 0.1) is 5.60 Å². The number of benzene rings is 1. The van der Waals surface area contributed by atoms with Crippen molar-refractivity contribution in [3.63, 3.8) is 0 Å². The van der Waals surface area contributed by atoms with Crippen molar-refractivity contribution in [2.75, 3.05) is 39.3 Å². The zero-order chi connectivity index (χ0) is 20.3. The van der Waals surface area contributed by atoms with E-state index in [0.717, 1.165) is 57.7 Å². The highest BCUT2D eigenvalue weighted by Crippen LogP contribution is 2.47. The minimum atomic E-state index is -0.856. The Hall–Kier alpha value is -0.970. The maximum atomic E-state index is 14.0. The molecule has 0 bridgehead atoms. The van der Waals surface area contributed by atoms with Gasteiger partial charge in [0.1, 0.15) is 5.82 Å². The molecule has 0 radical (unpaired) electrons. The molecular formula is C25H39FN2O. The highest BCUT2D eigenvalue weighted by molar-refractivity contribution is 5.31. The van der Waals surface area contributed by atoms with Crippen molar-refractivity contribution in [1.29, 1.82) is 0 Å². The van der Waals surface area contributed by atoms with Crippen LogP contribution in [0.15, 0.2) is 18.2 Å². The number of piperidine rings is 2. The first-order valence-corrected chi connectivity index (χ1v) is 12.0. The maximum Gasteiger partial charge on any atom is 0.126 e. The van der Waals surface area contributed by atoms with Crippen LogP contribution in [0.25, 0.3) is 0 Å². The van der Waals surface area contributed by atoms with Crippen molar-refractivity contribution in [1.82, 2.24) is 9.80 Å². The molecule has 2 atom stereocenters. The summed E-state index contributed by atoms with van der Waals surface area (Å²) in [6, 6.07) is 5.35. The Morgan fingerprint density at radius 3 is 1.86 bits per heavy atom. The zero-order valence-corrected chi connectivity index (χ0v) is 18.2. The number of aryl methyl sites for hydroxylation is 1. The highest BCUT2D eigenvalue weighted by Gasteiger charge is 2.48. The summed E-state index contributed by atoms with van der Waals surface area (Å²) in [4.78, 5) is 5.14. The Bertz CT molecular complexity index is 639. The third kappa shape index (κ3) is 4.70. The van der Waals surface area contributed by atoms with Crippen LogP contribution in [0.4, 0.5) is 4.39 Å². The average molecular weight is 403 g/mol. The third-order valence-corrected chi connectivity index (χ3v) is 7.82. The summed E-state index contributed by atoms with van der Waals surface area (Å²) in [5, 5.41) is 12.4. The molecule has 2 aliphatic heterocycles. The SMILES string of the molecule is Cc1cc(C2(O)C(CN3CCCCC3)CCCC2CN2CCCCC2)ccc1F. The Kier molecular flexibility index (Phi) is 6.93. The molecule has 0 spiro atoms. The van der Waals surface area contributed by atoms with E-state index in [1.54, 1.807) is 6.07 Å². The first-order chi connectivity index (χ1) is 14.1. The van der Waals surface area contributed by atoms with Gasteiger partial charge in [0.15, 0.2) is 0 Å². The summed E-state index contributed by atoms with van der Waals surface area (Å²) in [6.07, 6.45) is 11.1. The van der Waals surface area contributed by atoms with Crippen molar-refractivity contribution in [2.24, 2.45) is 11.8 Å². The molecule has 1 aliphatic carbocycles. The van der Waals surface area contributed by atoms with Gasteiger partial charge in [-0.05, 0) is 88.8 Å². The summed E-state index contributed by atoms with van der Waals surface area (Å²) >= 11 is 0. The predicted octanol–water partition coefficient (Wildman–Crippen LogP) is 4.71. The van der Waals surface area contributed by atoms with Gasteiger partial charge in [-0.3, -0.25) is 0 Å². The molecule has 2 saturated heterocycles. The molecule has 3 aliphatic rings. The third-order valence-electron chi connectivity index (χ3n) is 7.82. The summed E-state index contributed by atoms with van der Waals surface area (Å²) in [5.74, 6) is 0.288. The molecule has 1 aromatic rings. The molecule has 4 heteroatoms. The molecule has 1 saturated carbocycles. The molecule has 3 nitrogen and oxygen atoms in total. The smallest absolute Gasteiger partial charge is 0.126 e. The largest absolute Gasteiger partial charge is 0.384 e. The Balaban J connectivity index is 1.62. The molecule has 1 aromatic carbocycles. The summed E-state index contributed by atoms with van der Waals surface area (Å²) in [6.45, 7) is 8.41. The second-order valence-electron chi connectivity index (χ2n) is 9.84. The van der Waals surface area contributed by atoms with Crippen LogP contribution in [0.2, 0.25) is 0 Å². The quantitative estimate of drug-likeness (QED) is 0.773. The van der Waals surface area contributed by atoms with Gasteiger partial charge in [-0.2, -0.15) is 0 Å². The van der Waals surface area contributed by atoms with Gasteiger partial charge in [0.2, 0.25) is 0 Å². The van der Waals surface area contributed by atoms with Crippen LogP contribution in [0.1, 0.15) is 68.9 Å². The normalized spacial score (nSPS) is 32.4. The minimum absolute atomic E-state index is 0.173. The van der Waals surface area contributed by atoms with E-state index in [4.69, 9.17) is 0 Å². The average Bonchev–Trinajstić information content (AvgIpc) is 2.74. The number of halogens is 1. The van der Waals surface area contributed by atoms with E-state index >= 15 is 0 Å². The van der Waals surface area contributed by atoms with Gasteiger partial charge >= 0.3 is 0 Å². The standard InChI is InChI=1S/C25H39FN2O/c1-20-17-21(11-12-24(20)26)25(29)22(18-27-13-4-2-5-14-27)9-8-10-23(25)19-28-15-6-3-7-16-28/h11-12,17,22-23,29H,2-10,13-16,18-19H2,1H3. The number of hydrogen-bond acceptors (Lipinski definition) is 3. The van der Waals surface area contributed by atoms with E-state index in [-0.39, 0.29) is 17.7 Å². The fourth-order valence-corrected chi connectivity index (χ4v) is 6.12. The predicted molar refractivity (Wildman–Crippen MR) is 116 cm³/mol. The van der Waals surface area contributed by atoms with E-state index in [1.165, 1.54) is 44.9 Å². The van der Waals surface area contributed by atoms with Gasteiger partial charge < -0.3 is 14.9 Å². The lowest BCUT2D eigenvalue weighted by atomic mass is 9.64. The van der Waals surface area contributed by atoms with E-state index in [1.807, 2.05) is 19.1 Å². The fraction of sp³-hybridized carbons (Fsp3) is 0.760. The van der Waals surface area contributed by atoms with Crippen molar-refractivity contribution in [3.05, 3.63) is 35.1 Å². The van der Waals surface area contributed by atoms with Gasteiger partial charge in [-0.15, -0.1) is 0 Å². The molecule has 162 valence electrons. The molecule has 4 rings (SSSR count). The zero-order valence-electron chi connectivity index (χ0n) is 18.2. The molecule has 1 N–H and O–H groups in total. The summed E-state index contributed by atoms with van der Waals surface area (Å²) in [5.41, 5.74) is 0.737. The second-order valence-corrected chi connectivity index (χ2v) is 9.84. The van der Waals surface area contributed by atoms with Gasteiger partial charge in [0.25, 0.3) is 0 Å². The van der Waals surface area contributed by atoms with Crippen molar-refractivity contribution in [3.8, 4) is 0 Å². The molecule has 3 fully saturated rings. The van der Waals surface area contributed by atoms with E-state index in [9.17, 15) is 9.50 Å². The molecule has 0 aromatic heterocycles. The number of rotatable bonds is 5. The Morgan fingerprint density at radius 2 is 1.38 bits per heavy atom. The number of nitrogens with zero attached hydrogens (tertiary/aromatic N) is 2. The number of likely N-dealkylation sites (tertiary alicyclic amines) is 2. The van der Waals surface area contributed by atoms with Gasteiger partial charge in [-0.25, -0.2) is 4.39 Å². The molecule has 2 heterocycles. The van der Waals surface area contributed by atoms with Gasteiger partial charge in [-0.1, -0.05) is 31.4 Å². The van der Waals surface area contributed by atoms with Crippen LogP contribution in [-0.2, 0) is 5.60 Å². The van der Waals surface area contributed by atoms with Crippen LogP contribution in [0.3, 0.4) is 0 Å². The highest BCUT2D eigenvalue weighted by atomic mass is 19.1. The lowest BCUT2D eigenvalue weighted by Gasteiger charge is -2.50. The van der Waals surface area contributed by atoms with Gasteiger partial charge in [0, 0.05) is 24.9 Å². The Labute approximate surface area is 176 Å². The number of aliphatic hydroxyl groups is 1. The van der Waals surface area contributed by atoms with E-state index in [2.05, 4.69) is 9.80 Å². The van der Waals surface area contributed by atoms with E-state index < -0.39 is 5.60 Å². The molecule has 29 heavy (non-hydrogen) atoms. The molecule has 0 amide bonds. The lowest BCUT2D eigenvalue weighted by molar-refractivity contribution is -0.119. The van der Waals surface area contributed by atoms with Crippen LogP contribution in [0, 0.1) is 24.6 Å². The van der Waals surface area contributed by atoms with Crippen molar-refractivity contribution < 1.29 is 9.50 Å². The summed E-state index contributed by atoms with van der Waals surface area (Å²) in [7, 11) is 0. The fourth-order valence-electron chi connectivity index (χ4n) is 6.12. The topological polar surface area (TPSA) is 26.7 Å². The minimum Gasteiger partial charge on any atom is -0.384 e. The van der Waals surface area contributed by atoms with Crippen LogP contribution >= 0.6 is 0 Å². The molecular weight excluding hydrogens is 363 g/mol. The first-order valence-electron chi connectivity index (χ1n) is 12.0. The van der Waals surface area contributed by atoms with Crippen LogP contribution in [-0.4, -0.2) is 54.2 Å². The Morgan fingerprint density at radius 1 is 0.862 bits per heavy atom. The molecule has 2 unspecified atom stereocenters. The van der Waals surface area contributed by atoms with E-state index in [0.29, 0.717) is 5.56 Å². The first kappa shape index (κ1) is 21.3. The number of hydrogen-bond donors (Lipinski definition) is 1. The van der Waals surface area contributed by atoms with Crippen LogP contribution < -0.4 is 0 Å².